The maximum Gasteiger partial charge on any atom is 0.223 e. The minimum absolute atomic E-state index is 0.165. The van der Waals surface area contributed by atoms with E-state index >= 15 is 0 Å². The van der Waals surface area contributed by atoms with Crippen LogP contribution in [0.15, 0.2) is 0 Å². The van der Waals surface area contributed by atoms with Crippen molar-refractivity contribution in [2.75, 3.05) is 13.1 Å². The van der Waals surface area contributed by atoms with Crippen LogP contribution in [0.5, 0.6) is 0 Å². The molecule has 0 radical (unpaired) electrons. The zero-order valence-corrected chi connectivity index (χ0v) is 10.9. The van der Waals surface area contributed by atoms with Gasteiger partial charge < -0.3 is 11.1 Å². The number of nitrogens with two attached hydrogens (primary N) is 1. The minimum atomic E-state index is 0.165. The second kappa shape index (κ2) is 5.67. The van der Waals surface area contributed by atoms with Crippen LogP contribution < -0.4 is 11.1 Å². The van der Waals surface area contributed by atoms with Crippen LogP contribution in [0.1, 0.15) is 46.5 Å². The Labute approximate surface area is 99.2 Å². The van der Waals surface area contributed by atoms with Crippen molar-refractivity contribution in [3.05, 3.63) is 0 Å². The van der Waals surface area contributed by atoms with Crippen molar-refractivity contribution in [3.8, 4) is 0 Å². The zero-order chi connectivity index (χ0) is 12.2. The summed E-state index contributed by atoms with van der Waals surface area (Å²) in [6.45, 7) is 7.91. The Balaban J connectivity index is 2.23. The predicted molar refractivity (Wildman–Crippen MR) is 67.0 cm³/mol. The molecule has 3 nitrogen and oxygen atoms in total. The molecule has 1 rings (SSSR count). The second-order valence-electron chi connectivity index (χ2n) is 5.90. The Kier molecular flexibility index (Phi) is 4.78. The molecule has 0 heterocycles. The van der Waals surface area contributed by atoms with Gasteiger partial charge in [-0.15, -0.1) is 0 Å². The standard InChI is InChI=1S/C13H26N2O/c1-10(11-5-6-11)12(16)15-9-13(2,3)7-4-8-14/h10-11H,4-9,14H2,1-3H3,(H,15,16). The van der Waals surface area contributed by atoms with Gasteiger partial charge in [0.2, 0.25) is 5.91 Å². The molecule has 0 saturated heterocycles. The third-order valence-electron chi connectivity index (χ3n) is 3.54. The SMILES string of the molecule is CC(C(=O)NCC(C)(C)CCCN)C1CC1. The third-order valence-corrected chi connectivity index (χ3v) is 3.54. The fourth-order valence-corrected chi connectivity index (χ4v) is 1.97. The molecule has 0 spiro atoms. The van der Waals surface area contributed by atoms with Gasteiger partial charge in [-0.25, -0.2) is 0 Å². The summed E-state index contributed by atoms with van der Waals surface area (Å²) in [6, 6.07) is 0. The molecule has 0 aromatic carbocycles. The molecule has 1 amide bonds. The first kappa shape index (κ1) is 13.5. The lowest BCUT2D eigenvalue weighted by molar-refractivity contribution is -0.125. The molecule has 3 heteroatoms. The van der Waals surface area contributed by atoms with E-state index < -0.39 is 0 Å². The van der Waals surface area contributed by atoms with Crippen molar-refractivity contribution in [1.29, 1.82) is 0 Å². The topological polar surface area (TPSA) is 55.1 Å². The lowest BCUT2D eigenvalue weighted by Crippen LogP contribution is -2.37. The van der Waals surface area contributed by atoms with E-state index in [1.807, 2.05) is 6.92 Å². The number of rotatable bonds is 7. The first-order valence-corrected chi connectivity index (χ1v) is 6.44. The van der Waals surface area contributed by atoms with E-state index in [-0.39, 0.29) is 17.2 Å². The quantitative estimate of drug-likeness (QED) is 0.697. The molecule has 1 aliphatic rings. The number of hydrogen-bond donors (Lipinski definition) is 2. The van der Waals surface area contributed by atoms with Crippen molar-refractivity contribution in [2.45, 2.75) is 46.5 Å². The summed E-state index contributed by atoms with van der Waals surface area (Å²) in [7, 11) is 0. The molecule has 0 aromatic heterocycles. The van der Waals surface area contributed by atoms with E-state index in [4.69, 9.17) is 5.73 Å². The average molecular weight is 226 g/mol. The highest BCUT2D eigenvalue weighted by atomic mass is 16.1. The summed E-state index contributed by atoms with van der Waals surface area (Å²) in [5.41, 5.74) is 5.67. The van der Waals surface area contributed by atoms with Gasteiger partial charge in [0.1, 0.15) is 0 Å². The molecule has 16 heavy (non-hydrogen) atoms. The molecule has 0 bridgehead atoms. The monoisotopic (exact) mass is 226 g/mol. The molecule has 0 aliphatic heterocycles. The second-order valence-corrected chi connectivity index (χ2v) is 5.90. The predicted octanol–water partition coefficient (Wildman–Crippen LogP) is 1.91. The van der Waals surface area contributed by atoms with E-state index in [1.165, 1.54) is 12.8 Å². The Morgan fingerprint density at radius 1 is 1.50 bits per heavy atom. The number of carbonyl (C=O) groups is 1. The highest BCUT2D eigenvalue weighted by molar-refractivity contribution is 5.78. The van der Waals surface area contributed by atoms with Crippen LogP contribution in [0.25, 0.3) is 0 Å². The average Bonchev–Trinajstić information content (AvgIpc) is 3.06. The smallest absolute Gasteiger partial charge is 0.223 e. The molecule has 94 valence electrons. The summed E-state index contributed by atoms with van der Waals surface area (Å²) in [4.78, 5) is 11.8. The molecule has 3 N–H and O–H groups in total. The van der Waals surface area contributed by atoms with Gasteiger partial charge >= 0.3 is 0 Å². The van der Waals surface area contributed by atoms with Gasteiger partial charge in [0, 0.05) is 12.5 Å². The molecule has 1 atom stereocenters. The van der Waals surface area contributed by atoms with Gasteiger partial charge in [-0.05, 0) is 43.6 Å². The van der Waals surface area contributed by atoms with Crippen molar-refractivity contribution in [1.82, 2.24) is 5.32 Å². The largest absolute Gasteiger partial charge is 0.355 e. The Morgan fingerprint density at radius 2 is 2.12 bits per heavy atom. The van der Waals surface area contributed by atoms with E-state index in [0.29, 0.717) is 5.92 Å². The number of amides is 1. The molecular weight excluding hydrogens is 200 g/mol. The van der Waals surface area contributed by atoms with Crippen LogP contribution >= 0.6 is 0 Å². The fourth-order valence-electron chi connectivity index (χ4n) is 1.97. The van der Waals surface area contributed by atoms with Crippen molar-refractivity contribution >= 4 is 5.91 Å². The number of nitrogens with one attached hydrogen (secondary N) is 1. The van der Waals surface area contributed by atoms with E-state index in [0.717, 1.165) is 25.9 Å². The molecule has 1 aliphatic carbocycles. The van der Waals surface area contributed by atoms with Gasteiger partial charge in [0.15, 0.2) is 0 Å². The van der Waals surface area contributed by atoms with Gasteiger partial charge in [-0.3, -0.25) is 4.79 Å². The van der Waals surface area contributed by atoms with Gasteiger partial charge in [-0.1, -0.05) is 20.8 Å². The van der Waals surface area contributed by atoms with Crippen molar-refractivity contribution < 1.29 is 4.79 Å². The van der Waals surface area contributed by atoms with Crippen LogP contribution in [0.3, 0.4) is 0 Å². The summed E-state index contributed by atoms with van der Waals surface area (Å²) >= 11 is 0. The molecule has 1 fully saturated rings. The number of carbonyl (C=O) groups excluding carboxylic acids is 1. The van der Waals surface area contributed by atoms with Crippen molar-refractivity contribution in [2.24, 2.45) is 23.0 Å². The number of hydrogen-bond acceptors (Lipinski definition) is 2. The molecular formula is C13H26N2O. The van der Waals surface area contributed by atoms with Crippen LogP contribution in [-0.4, -0.2) is 19.0 Å². The highest BCUT2D eigenvalue weighted by Crippen LogP contribution is 2.36. The first-order valence-electron chi connectivity index (χ1n) is 6.44. The van der Waals surface area contributed by atoms with Crippen LogP contribution in [-0.2, 0) is 4.79 Å². The fraction of sp³-hybridized carbons (Fsp3) is 0.923. The summed E-state index contributed by atoms with van der Waals surface area (Å²) in [5, 5.41) is 3.07. The van der Waals surface area contributed by atoms with Gasteiger partial charge in [-0.2, -0.15) is 0 Å². The molecule has 1 saturated carbocycles. The van der Waals surface area contributed by atoms with Crippen LogP contribution in [0, 0.1) is 17.3 Å². The van der Waals surface area contributed by atoms with Crippen LogP contribution in [0.4, 0.5) is 0 Å². The maximum absolute atomic E-state index is 11.8. The normalized spacial score (nSPS) is 18.2. The van der Waals surface area contributed by atoms with E-state index in [1.54, 1.807) is 0 Å². The first-order chi connectivity index (χ1) is 7.46. The van der Waals surface area contributed by atoms with Crippen LogP contribution in [0.2, 0.25) is 0 Å². The third kappa shape index (κ3) is 4.52. The molecule has 0 aromatic rings. The summed E-state index contributed by atoms with van der Waals surface area (Å²) < 4.78 is 0. The Hall–Kier alpha value is -0.570. The highest BCUT2D eigenvalue weighted by Gasteiger charge is 2.33. The van der Waals surface area contributed by atoms with E-state index in [2.05, 4.69) is 19.2 Å². The zero-order valence-electron chi connectivity index (χ0n) is 10.9. The van der Waals surface area contributed by atoms with Gasteiger partial charge in [0.25, 0.3) is 0 Å². The maximum atomic E-state index is 11.8. The van der Waals surface area contributed by atoms with Gasteiger partial charge in [0.05, 0.1) is 0 Å². The Morgan fingerprint density at radius 3 is 2.62 bits per heavy atom. The minimum Gasteiger partial charge on any atom is -0.355 e. The van der Waals surface area contributed by atoms with E-state index in [9.17, 15) is 4.79 Å². The lowest BCUT2D eigenvalue weighted by Gasteiger charge is -2.25. The summed E-state index contributed by atoms with van der Waals surface area (Å²) in [6.07, 6.45) is 4.55. The summed E-state index contributed by atoms with van der Waals surface area (Å²) in [5.74, 6) is 1.07. The molecule has 1 unspecified atom stereocenters. The Bertz CT molecular complexity index is 234. The van der Waals surface area contributed by atoms with Crippen molar-refractivity contribution in [3.63, 3.8) is 0 Å². The lowest BCUT2D eigenvalue weighted by atomic mass is 9.87.